The van der Waals surface area contributed by atoms with Crippen LogP contribution in [0.2, 0.25) is 0 Å². The van der Waals surface area contributed by atoms with Crippen LogP contribution in [0.1, 0.15) is 25.3 Å². The Labute approximate surface area is 123 Å². The third kappa shape index (κ3) is 3.88. The number of nitrogens with one attached hydrogen (secondary N) is 1. The first-order valence-electron chi connectivity index (χ1n) is 6.88. The molecule has 1 N–H and O–H groups in total. The molecule has 0 unspecified atom stereocenters. The molecule has 0 atom stereocenters. The first-order chi connectivity index (χ1) is 9.97. The lowest BCUT2D eigenvalue weighted by molar-refractivity contribution is -0.384. The summed E-state index contributed by atoms with van der Waals surface area (Å²) < 4.78 is 5.69. The molecule has 112 valence electrons. The number of nitro benzene ring substituents is 1. The van der Waals surface area contributed by atoms with Crippen molar-refractivity contribution in [2.24, 2.45) is 5.92 Å². The maximum atomic E-state index is 10.7. The summed E-state index contributed by atoms with van der Waals surface area (Å²) in [6.45, 7) is 7.56. The van der Waals surface area contributed by atoms with Crippen molar-refractivity contribution in [2.45, 2.75) is 27.3 Å². The lowest BCUT2D eigenvalue weighted by atomic mass is 10.1. The van der Waals surface area contributed by atoms with E-state index >= 15 is 0 Å². The van der Waals surface area contributed by atoms with Gasteiger partial charge in [0.05, 0.1) is 17.7 Å². The average molecular weight is 289 g/mol. The van der Waals surface area contributed by atoms with Crippen molar-refractivity contribution < 1.29 is 9.34 Å². The van der Waals surface area contributed by atoms with Gasteiger partial charge >= 0.3 is 0 Å². The lowest BCUT2D eigenvalue weighted by Crippen LogP contribution is -2.18. The van der Waals surface area contributed by atoms with E-state index in [9.17, 15) is 10.1 Å². The molecule has 21 heavy (non-hydrogen) atoms. The zero-order valence-electron chi connectivity index (χ0n) is 12.4. The molecule has 0 fully saturated rings. The SMILES string of the molecule is Cc1cc([N+](=O)[O-])ccc1-c1cnc(CNCC(C)C)o1. The molecule has 0 amide bonds. The Morgan fingerprint density at radius 1 is 1.43 bits per heavy atom. The number of oxazole rings is 1. The monoisotopic (exact) mass is 289 g/mol. The van der Waals surface area contributed by atoms with Crippen LogP contribution in [0, 0.1) is 23.0 Å². The van der Waals surface area contributed by atoms with E-state index in [0.29, 0.717) is 24.1 Å². The Balaban J connectivity index is 2.12. The number of rotatable bonds is 6. The van der Waals surface area contributed by atoms with E-state index in [0.717, 1.165) is 17.7 Å². The molecule has 0 radical (unpaired) electrons. The third-order valence-electron chi connectivity index (χ3n) is 3.07. The number of hydrogen-bond acceptors (Lipinski definition) is 5. The molecule has 0 spiro atoms. The molecule has 0 aliphatic rings. The van der Waals surface area contributed by atoms with Crippen LogP contribution >= 0.6 is 0 Å². The molecule has 0 saturated carbocycles. The van der Waals surface area contributed by atoms with Crippen LogP contribution in [0.15, 0.2) is 28.8 Å². The van der Waals surface area contributed by atoms with Gasteiger partial charge < -0.3 is 9.73 Å². The minimum atomic E-state index is -0.404. The quantitative estimate of drug-likeness (QED) is 0.651. The van der Waals surface area contributed by atoms with E-state index in [2.05, 4.69) is 24.1 Å². The summed E-state index contributed by atoms with van der Waals surface area (Å²) in [7, 11) is 0. The molecule has 0 aliphatic heterocycles. The van der Waals surface area contributed by atoms with Gasteiger partial charge in [0.1, 0.15) is 0 Å². The molecule has 0 aliphatic carbocycles. The van der Waals surface area contributed by atoms with E-state index in [1.807, 2.05) is 6.92 Å². The van der Waals surface area contributed by atoms with Gasteiger partial charge in [0.25, 0.3) is 5.69 Å². The highest BCUT2D eigenvalue weighted by Gasteiger charge is 2.13. The molecule has 1 heterocycles. The second-order valence-electron chi connectivity index (χ2n) is 5.40. The molecule has 1 aromatic heterocycles. The maximum Gasteiger partial charge on any atom is 0.269 e. The molecule has 0 saturated heterocycles. The summed E-state index contributed by atoms with van der Waals surface area (Å²) in [6, 6.07) is 4.70. The first kappa shape index (κ1) is 15.2. The topological polar surface area (TPSA) is 81.2 Å². The predicted octanol–water partition coefficient (Wildman–Crippen LogP) is 3.30. The average Bonchev–Trinajstić information content (AvgIpc) is 2.86. The summed E-state index contributed by atoms with van der Waals surface area (Å²) in [5.41, 5.74) is 1.69. The van der Waals surface area contributed by atoms with Gasteiger partial charge in [0.15, 0.2) is 5.76 Å². The Morgan fingerprint density at radius 2 is 2.19 bits per heavy atom. The van der Waals surface area contributed by atoms with E-state index in [1.165, 1.54) is 12.1 Å². The Hall–Kier alpha value is -2.21. The number of non-ortho nitro benzene ring substituents is 1. The molecule has 2 aromatic rings. The molecule has 0 bridgehead atoms. The molecule has 1 aromatic carbocycles. The third-order valence-corrected chi connectivity index (χ3v) is 3.07. The van der Waals surface area contributed by atoms with E-state index in [4.69, 9.17) is 4.42 Å². The van der Waals surface area contributed by atoms with E-state index in [1.54, 1.807) is 12.3 Å². The standard InChI is InChI=1S/C15H19N3O3/c1-10(2)7-16-9-15-17-8-14(21-15)13-5-4-12(18(19)20)6-11(13)3/h4-6,8,10,16H,7,9H2,1-3H3. The van der Waals surface area contributed by atoms with Crippen LogP contribution < -0.4 is 5.32 Å². The Bertz CT molecular complexity index is 635. The number of aromatic nitrogens is 1. The summed E-state index contributed by atoms with van der Waals surface area (Å²) in [5.74, 6) is 1.81. The van der Waals surface area contributed by atoms with Crippen LogP contribution in [0.3, 0.4) is 0 Å². The second kappa shape index (κ2) is 6.49. The highest BCUT2D eigenvalue weighted by Crippen LogP contribution is 2.27. The molecule has 6 heteroatoms. The predicted molar refractivity (Wildman–Crippen MR) is 79.9 cm³/mol. The van der Waals surface area contributed by atoms with Crippen LogP contribution in [-0.4, -0.2) is 16.5 Å². The summed E-state index contributed by atoms with van der Waals surface area (Å²) in [6.07, 6.45) is 1.65. The van der Waals surface area contributed by atoms with Gasteiger partial charge in [0.2, 0.25) is 5.89 Å². The summed E-state index contributed by atoms with van der Waals surface area (Å²) in [5, 5.41) is 14.0. The largest absolute Gasteiger partial charge is 0.439 e. The Morgan fingerprint density at radius 3 is 2.81 bits per heavy atom. The molecule has 2 rings (SSSR count). The fourth-order valence-corrected chi connectivity index (χ4v) is 2.02. The summed E-state index contributed by atoms with van der Waals surface area (Å²) in [4.78, 5) is 14.6. The van der Waals surface area contributed by atoms with Crippen LogP contribution in [0.4, 0.5) is 5.69 Å². The highest BCUT2D eigenvalue weighted by atomic mass is 16.6. The maximum absolute atomic E-state index is 10.7. The van der Waals surface area contributed by atoms with Gasteiger partial charge in [-0.25, -0.2) is 4.98 Å². The fraction of sp³-hybridized carbons (Fsp3) is 0.400. The highest BCUT2D eigenvalue weighted by molar-refractivity contribution is 5.63. The van der Waals surface area contributed by atoms with Gasteiger partial charge in [-0.1, -0.05) is 13.8 Å². The van der Waals surface area contributed by atoms with Crippen molar-refractivity contribution in [3.05, 3.63) is 46.0 Å². The van der Waals surface area contributed by atoms with E-state index in [-0.39, 0.29) is 5.69 Å². The molecular weight excluding hydrogens is 270 g/mol. The van der Waals surface area contributed by atoms with E-state index < -0.39 is 4.92 Å². The minimum absolute atomic E-state index is 0.0783. The smallest absolute Gasteiger partial charge is 0.269 e. The zero-order valence-corrected chi connectivity index (χ0v) is 12.4. The number of benzene rings is 1. The number of nitrogens with zero attached hydrogens (tertiary/aromatic N) is 2. The van der Waals surface area contributed by atoms with Crippen LogP contribution in [0.5, 0.6) is 0 Å². The number of aryl methyl sites for hydroxylation is 1. The van der Waals surface area contributed by atoms with Crippen molar-refractivity contribution in [1.82, 2.24) is 10.3 Å². The normalized spacial score (nSPS) is 11.0. The van der Waals surface area contributed by atoms with Crippen molar-refractivity contribution in [3.63, 3.8) is 0 Å². The molecule has 6 nitrogen and oxygen atoms in total. The zero-order chi connectivity index (χ0) is 15.4. The van der Waals surface area contributed by atoms with Crippen LogP contribution in [0.25, 0.3) is 11.3 Å². The van der Waals surface area contributed by atoms with Gasteiger partial charge in [-0.3, -0.25) is 10.1 Å². The minimum Gasteiger partial charge on any atom is -0.439 e. The lowest BCUT2D eigenvalue weighted by Gasteiger charge is -2.04. The molecular formula is C15H19N3O3. The second-order valence-corrected chi connectivity index (χ2v) is 5.40. The van der Waals surface area contributed by atoms with Crippen LogP contribution in [-0.2, 0) is 6.54 Å². The first-order valence-corrected chi connectivity index (χ1v) is 6.88. The van der Waals surface area contributed by atoms with Crippen molar-refractivity contribution in [3.8, 4) is 11.3 Å². The number of hydrogen-bond donors (Lipinski definition) is 1. The Kier molecular flexibility index (Phi) is 4.70. The van der Waals surface area contributed by atoms with Gasteiger partial charge in [0, 0.05) is 17.7 Å². The van der Waals surface area contributed by atoms with Crippen molar-refractivity contribution >= 4 is 5.69 Å². The number of nitro groups is 1. The van der Waals surface area contributed by atoms with Gasteiger partial charge in [-0.05, 0) is 31.0 Å². The van der Waals surface area contributed by atoms with Gasteiger partial charge in [-0.15, -0.1) is 0 Å². The van der Waals surface area contributed by atoms with Gasteiger partial charge in [-0.2, -0.15) is 0 Å². The summed E-state index contributed by atoms with van der Waals surface area (Å²) >= 11 is 0. The van der Waals surface area contributed by atoms with Crippen molar-refractivity contribution in [1.29, 1.82) is 0 Å². The fourth-order valence-electron chi connectivity index (χ4n) is 2.02. The van der Waals surface area contributed by atoms with Crippen molar-refractivity contribution in [2.75, 3.05) is 6.54 Å².